The molecule has 242 valence electrons. The van der Waals surface area contributed by atoms with E-state index in [1.54, 1.807) is 12.5 Å². The zero-order valence-corrected chi connectivity index (χ0v) is 27.3. The standard InChI is InChI=1S/C14H28O2.C11H22.C3H6O2.CHF3O3S/c1-6-11(5)10-12(7-2)13(8-3)16-14(15)9-4;1-5-8-11(7-3)9-10(4)6-2;1-2-3(4)5;2-1(3,4)8(5,6)7/h11-13H,6-10H2,1-5H3;8,10H,5-7,9H2,1-4H3;2H2,1H3,(H,4,5);(H,5,6,7)/b;11-8+;;. The van der Waals surface area contributed by atoms with Gasteiger partial charge in [-0.15, -0.1) is 0 Å². The van der Waals surface area contributed by atoms with Gasteiger partial charge in [0.15, 0.2) is 0 Å². The highest BCUT2D eigenvalue weighted by Gasteiger charge is 2.44. The number of carboxylic acid groups (broad SMARTS) is 1. The zero-order valence-electron chi connectivity index (χ0n) is 26.4. The number of carbonyl (C=O) groups excluding carboxylic acids is 1. The van der Waals surface area contributed by atoms with Gasteiger partial charge in [-0.05, 0) is 56.3 Å². The molecule has 0 saturated carbocycles. The molecular weight excluding hydrogens is 549 g/mol. The lowest BCUT2D eigenvalue weighted by atomic mass is 9.87. The van der Waals surface area contributed by atoms with Gasteiger partial charge in [0.25, 0.3) is 0 Å². The lowest BCUT2D eigenvalue weighted by Gasteiger charge is -2.27. The molecule has 0 aromatic rings. The van der Waals surface area contributed by atoms with E-state index in [1.807, 2.05) is 6.92 Å². The molecule has 0 amide bonds. The Morgan fingerprint density at radius 2 is 1.27 bits per heavy atom. The van der Waals surface area contributed by atoms with Crippen LogP contribution >= 0.6 is 0 Å². The first-order valence-corrected chi connectivity index (χ1v) is 15.9. The normalized spacial score (nSPS) is 14.5. The molecule has 0 saturated heterocycles. The van der Waals surface area contributed by atoms with E-state index in [0.29, 0.717) is 12.3 Å². The SMILES string of the molecule is CC/C=C(\CC)CC(C)CC.CCC(=O)O.CCC(=O)OC(CC)C(CC)CC(C)CC.O=S(=O)(O)C(F)(F)F. The first-order chi connectivity index (χ1) is 18.3. The summed E-state index contributed by atoms with van der Waals surface area (Å²) in [5.74, 6) is 1.31. The van der Waals surface area contributed by atoms with E-state index < -0.39 is 21.6 Å². The topological polar surface area (TPSA) is 118 Å². The summed E-state index contributed by atoms with van der Waals surface area (Å²) in [6.07, 6.45) is 12.6. The lowest BCUT2D eigenvalue weighted by molar-refractivity contribution is -0.152. The number of halogens is 3. The molecule has 2 N–H and O–H groups in total. The van der Waals surface area contributed by atoms with Crippen molar-refractivity contribution in [2.24, 2.45) is 17.8 Å². The highest BCUT2D eigenvalue weighted by Crippen LogP contribution is 2.25. The third kappa shape index (κ3) is 27.9. The van der Waals surface area contributed by atoms with E-state index in [4.69, 9.17) is 22.8 Å². The average Bonchev–Trinajstić information content (AvgIpc) is 2.89. The van der Waals surface area contributed by atoms with E-state index in [9.17, 15) is 22.8 Å². The van der Waals surface area contributed by atoms with Gasteiger partial charge in [0.1, 0.15) is 6.10 Å². The predicted octanol–water partition coefficient (Wildman–Crippen LogP) is 9.22. The summed E-state index contributed by atoms with van der Waals surface area (Å²) in [5, 5.41) is 7.72. The van der Waals surface area contributed by atoms with Crippen LogP contribution in [0.1, 0.15) is 133 Å². The second-order valence-corrected chi connectivity index (χ2v) is 11.1. The number of ether oxygens (including phenoxy) is 1. The van der Waals surface area contributed by atoms with Crippen molar-refractivity contribution in [3.8, 4) is 0 Å². The minimum Gasteiger partial charge on any atom is -0.481 e. The van der Waals surface area contributed by atoms with Crippen LogP contribution in [0.15, 0.2) is 11.6 Å². The Kier molecular flexibility index (Phi) is 29.8. The molecule has 11 heteroatoms. The number of alkyl halides is 3. The van der Waals surface area contributed by atoms with Gasteiger partial charge in [-0.3, -0.25) is 14.1 Å². The number of hydrogen-bond donors (Lipinski definition) is 2. The summed E-state index contributed by atoms with van der Waals surface area (Å²) in [5.41, 5.74) is -3.89. The van der Waals surface area contributed by atoms with E-state index in [0.717, 1.165) is 24.7 Å². The molecule has 0 aromatic carbocycles. The van der Waals surface area contributed by atoms with Gasteiger partial charge in [-0.2, -0.15) is 21.6 Å². The van der Waals surface area contributed by atoms with E-state index in [2.05, 4.69) is 61.5 Å². The molecule has 4 atom stereocenters. The minimum absolute atomic E-state index is 0.0607. The van der Waals surface area contributed by atoms with Crippen molar-refractivity contribution in [3.63, 3.8) is 0 Å². The summed E-state index contributed by atoms with van der Waals surface area (Å²) in [4.78, 5) is 20.7. The molecule has 0 fully saturated rings. The number of carbonyl (C=O) groups is 2. The largest absolute Gasteiger partial charge is 0.522 e. The van der Waals surface area contributed by atoms with Crippen molar-refractivity contribution in [2.45, 2.75) is 145 Å². The summed E-state index contributed by atoms with van der Waals surface area (Å²) in [6, 6.07) is 0. The van der Waals surface area contributed by atoms with E-state index in [1.165, 1.54) is 38.5 Å². The van der Waals surface area contributed by atoms with Crippen molar-refractivity contribution in [1.82, 2.24) is 0 Å². The highest BCUT2D eigenvalue weighted by molar-refractivity contribution is 7.86. The fourth-order valence-electron chi connectivity index (χ4n) is 3.28. The van der Waals surface area contributed by atoms with Crippen LogP contribution < -0.4 is 0 Å². The average molecular weight is 607 g/mol. The third-order valence-corrected chi connectivity index (χ3v) is 6.86. The first kappa shape index (κ1) is 45.4. The van der Waals surface area contributed by atoms with Gasteiger partial charge in [-0.1, -0.05) is 93.7 Å². The second-order valence-electron chi connectivity index (χ2n) is 9.72. The van der Waals surface area contributed by atoms with Gasteiger partial charge in [0, 0.05) is 12.8 Å². The van der Waals surface area contributed by atoms with Crippen LogP contribution in [0.4, 0.5) is 13.2 Å². The Bertz CT molecular complexity index is 766. The smallest absolute Gasteiger partial charge is 0.481 e. The summed E-state index contributed by atoms with van der Waals surface area (Å²) < 4.78 is 63.0. The Labute approximate surface area is 242 Å². The molecule has 0 radical (unpaired) electrons. The number of carboxylic acids is 1. The van der Waals surface area contributed by atoms with Crippen LogP contribution in [-0.2, 0) is 24.4 Å². The molecule has 0 heterocycles. The summed E-state index contributed by atoms with van der Waals surface area (Å²) in [7, 11) is -5.84. The maximum absolute atomic E-state index is 11.3. The summed E-state index contributed by atoms with van der Waals surface area (Å²) >= 11 is 0. The van der Waals surface area contributed by atoms with Crippen molar-refractivity contribution in [2.75, 3.05) is 0 Å². The van der Waals surface area contributed by atoms with Crippen molar-refractivity contribution in [1.29, 1.82) is 0 Å². The Morgan fingerprint density at radius 3 is 1.52 bits per heavy atom. The van der Waals surface area contributed by atoms with Crippen LogP contribution in [0.2, 0.25) is 0 Å². The quantitative estimate of drug-likeness (QED) is 0.0875. The lowest BCUT2D eigenvalue weighted by Crippen LogP contribution is -2.27. The minimum atomic E-state index is -5.84. The molecule has 7 nitrogen and oxygen atoms in total. The van der Waals surface area contributed by atoms with Crippen LogP contribution in [0.3, 0.4) is 0 Å². The van der Waals surface area contributed by atoms with Gasteiger partial charge >= 0.3 is 27.6 Å². The van der Waals surface area contributed by atoms with Gasteiger partial charge in [0.2, 0.25) is 0 Å². The van der Waals surface area contributed by atoms with E-state index >= 15 is 0 Å². The molecule has 0 aliphatic rings. The van der Waals surface area contributed by atoms with E-state index in [-0.39, 0.29) is 18.5 Å². The highest BCUT2D eigenvalue weighted by atomic mass is 32.2. The fraction of sp³-hybridized carbons (Fsp3) is 0.862. The van der Waals surface area contributed by atoms with Crippen LogP contribution in [0.5, 0.6) is 0 Å². The second kappa shape index (κ2) is 26.3. The third-order valence-electron chi connectivity index (χ3n) is 6.28. The molecule has 4 unspecified atom stereocenters. The number of esters is 1. The Morgan fingerprint density at radius 1 is 0.825 bits per heavy atom. The van der Waals surface area contributed by atoms with Crippen molar-refractivity contribution < 1.29 is 45.6 Å². The monoisotopic (exact) mass is 606 g/mol. The first-order valence-electron chi connectivity index (χ1n) is 14.5. The molecular formula is C29H57F3O7S. The van der Waals surface area contributed by atoms with Gasteiger partial charge in [-0.25, -0.2) is 0 Å². The molecule has 0 spiro atoms. The van der Waals surface area contributed by atoms with Crippen molar-refractivity contribution in [3.05, 3.63) is 11.6 Å². The number of rotatable bonds is 14. The molecule has 0 aliphatic heterocycles. The molecule has 0 aliphatic carbocycles. The fourth-order valence-corrected chi connectivity index (χ4v) is 3.28. The van der Waals surface area contributed by atoms with Crippen LogP contribution in [-0.4, -0.2) is 41.6 Å². The number of aliphatic carboxylic acids is 1. The van der Waals surface area contributed by atoms with Gasteiger partial charge < -0.3 is 9.84 Å². The predicted molar refractivity (Wildman–Crippen MR) is 157 cm³/mol. The molecule has 40 heavy (non-hydrogen) atoms. The molecule has 0 bridgehead atoms. The van der Waals surface area contributed by atoms with Gasteiger partial charge in [0.05, 0.1) is 0 Å². The molecule has 0 rings (SSSR count). The maximum Gasteiger partial charge on any atom is 0.522 e. The Balaban J connectivity index is -0.000000235. The van der Waals surface area contributed by atoms with Crippen LogP contribution in [0.25, 0.3) is 0 Å². The number of allylic oxidation sites excluding steroid dienone is 2. The Hall–Kier alpha value is -1.62. The number of hydrogen-bond acceptors (Lipinski definition) is 5. The van der Waals surface area contributed by atoms with Crippen molar-refractivity contribution >= 4 is 22.1 Å². The molecule has 0 aromatic heterocycles. The van der Waals surface area contributed by atoms with Crippen LogP contribution in [0, 0.1) is 17.8 Å². The summed E-state index contributed by atoms with van der Waals surface area (Å²) in [6.45, 7) is 21.3. The zero-order chi connectivity index (χ0) is 32.5. The maximum atomic E-state index is 11.3.